The van der Waals surface area contributed by atoms with Crippen LogP contribution < -0.4 is 11.1 Å². The van der Waals surface area contributed by atoms with Gasteiger partial charge in [-0.3, -0.25) is 9.69 Å². The summed E-state index contributed by atoms with van der Waals surface area (Å²) in [5.74, 6) is -0.254. The molecule has 1 fully saturated rings. The summed E-state index contributed by atoms with van der Waals surface area (Å²) in [6, 6.07) is 4.23. The van der Waals surface area contributed by atoms with E-state index < -0.39 is 5.82 Å². The Hall–Kier alpha value is -1.17. The molecule has 4 nitrogen and oxygen atoms in total. The lowest BCUT2D eigenvalue weighted by Gasteiger charge is -2.14. The van der Waals surface area contributed by atoms with Gasteiger partial charge in [0.1, 0.15) is 5.82 Å². The zero-order valence-corrected chi connectivity index (χ0v) is 11.5. The number of carbonyl (C=O) groups excluding carboxylic acids is 1. The normalized spacial score (nSPS) is 23.6. The van der Waals surface area contributed by atoms with Gasteiger partial charge in [0.25, 0.3) is 0 Å². The highest BCUT2D eigenvalue weighted by molar-refractivity contribution is 6.31. The maximum Gasteiger partial charge on any atom is 0.238 e. The molecule has 1 aliphatic heterocycles. The lowest BCUT2D eigenvalue weighted by molar-refractivity contribution is -0.117. The summed E-state index contributed by atoms with van der Waals surface area (Å²) < 4.78 is 13.0. The van der Waals surface area contributed by atoms with Crippen molar-refractivity contribution in [3.8, 4) is 0 Å². The van der Waals surface area contributed by atoms with Gasteiger partial charge in [-0.1, -0.05) is 18.5 Å². The third-order valence-electron chi connectivity index (χ3n) is 3.32. The van der Waals surface area contributed by atoms with Crippen LogP contribution in [0, 0.1) is 11.7 Å². The molecule has 19 heavy (non-hydrogen) atoms. The van der Waals surface area contributed by atoms with Crippen molar-refractivity contribution in [2.45, 2.75) is 13.0 Å². The average molecular weight is 286 g/mol. The van der Waals surface area contributed by atoms with Crippen LogP contribution >= 0.6 is 11.6 Å². The largest absolute Gasteiger partial charge is 0.326 e. The minimum Gasteiger partial charge on any atom is -0.326 e. The maximum absolute atomic E-state index is 13.0. The number of hydrogen-bond donors (Lipinski definition) is 2. The van der Waals surface area contributed by atoms with Gasteiger partial charge in [0.15, 0.2) is 0 Å². The summed E-state index contributed by atoms with van der Waals surface area (Å²) in [7, 11) is 0. The molecule has 1 saturated heterocycles. The molecule has 0 saturated carbocycles. The zero-order valence-electron chi connectivity index (χ0n) is 10.7. The van der Waals surface area contributed by atoms with E-state index in [2.05, 4.69) is 12.2 Å². The predicted octanol–water partition coefficient (Wildman–Crippen LogP) is 1.70. The summed E-state index contributed by atoms with van der Waals surface area (Å²) in [5, 5.41) is 2.69. The van der Waals surface area contributed by atoms with Crippen molar-refractivity contribution in [1.82, 2.24) is 4.90 Å². The Morgan fingerprint density at radius 3 is 2.89 bits per heavy atom. The van der Waals surface area contributed by atoms with Crippen LogP contribution in [-0.4, -0.2) is 36.5 Å². The number of amides is 1. The van der Waals surface area contributed by atoms with Crippen LogP contribution in [-0.2, 0) is 4.79 Å². The number of nitrogens with zero attached hydrogens (tertiary/aromatic N) is 1. The number of hydrogen-bond acceptors (Lipinski definition) is 3. The number of nitrogens with one attached hydrogen (secondary N) is 1. The second-order valence-electron chi connectivity index (χ2n) is 5.01. The van der Waals surface area contributed by atoms with Gasteiger partial charge in [-0.15, -0.1) is 0 Å². The maximum atomic E-state index is 13.0. The lowest BCUT2D eigenvalue weighted by Crippen LogP contribution is -2.33. The average Bonchev–Trinajstić information content (AvgIpc) is 2.63. The molecular weight excluding hydrogens is 269 g/mol. The molecule has 2 atom stereocenters. The van der Waals surface area contributed by atoms with Crippen molar-refractivity contribution in [2.24, 2.45) is 11.7 Å². The molecule has 2 rings (SSSR count). The van der Waals surface area contributed by atoms with E-state index in [1.54, 1.807) is 0 Å². The standard InChI is InChI=1S/C13H17ClFN3O/c1-8-5-18(6-12(8)16)7-13(19)17-9-2-3-11(15)10(14)4-9/h2-4,8,12H,5-7,16H2,1H3,(H,17,19). The molecule has 6 heteroatoms. The predicted molar refractivity (Wildman–Crippen MR) is 73.6 cm³/mol. The Morgan fingerprint density at radius 2 is 2.32 bits per heavy atom. The van der Waals surface area contributed by atoms with Crippen molar-refractivity contribution in [3.63, 3.8) is 0 Å². The highest BCUT2D eigenvalue weighted by Crippen LogP contribution is 2.19. The van der Waals surface area contributed by atoms with Gasteiger partial charge >= 0.3 is 0 Å². The Morgan fingerprint density at radius 1 is 1.58 bits per heavy atom. The Labute approximate surface area is 116 Å². The van der Waals surface area contributed by atoms with E-state index in [-0.39, 0.29) is 23.5 Å². The molecule has 0 aromatic heterocycles. The fourth-order valence-corrected chi connectivity index (χ4v) is 2.38. The number of anilines is 1. The molecule has 0 spiro atoms. The summed E-state index contributed by atoms with van der Waals surface area (Å²) in [4.78, 5) is 13.9. The highest BCUT2D eigenvalue weighted by Gasteiger charge is 2.27. The molecule has 3 N–H and O–H groups in total. The zero-order chi connectivity index (χ0) is 14.0. The molecule has 1 aliphatic rings. The van der Waals surface area contributed by atoms with Gasteiger partial charge in [-0.05, 0) is 24.1 Å². The topological polar surface area (TPSA) is 58.4 Å². The first-order chi connectivity index (χ1) is 8.95. The third-order valence-corrected chi connectivity index (χ3v) is 3.61. The molecular formula is C13H17ClFN3O. The molecule has 0 bridgehead atoms. The van der Waals surface area contributed by atoms with Gasteiger partial charge in [-0.25, -0.2) is 4.39 Å². The van der Waals surface area contributed by atoms with Crippen molar-refractivity contribution in [2.75, 3.05) is 25.0 Å². The number of likely N-dealkylation sites (tertiary alicyclic amines) is 1. The van der Waals surface area contributed by atoms with E-state index in [4.69, 9.17) is 17.3 Å². The first-order valence-electron chi connectivity index (χ1n) is 6.18. The van der Waals surface area contributed by atoms with E-state index in [0.29, 0.717) is 11.6 Å². The quantitative estimate of drug-likeness (QED) is 0.889. The highest BCUT2D eigenvalue weighted by atomic mass is 35.5. The first-order valence-corrected chi connectivity index (χ1v) is 6.56. The number of carbonyl (C=O) groups is 1. The van der Waals surface area contributed by atoms with Gasteiger partial charge in [-0.2, -0.15) is 0 Å². The Kier molecular flexibility index (Phi) is 4.39. The van der Waals surface area contributed by atoms with E-state index in [1.807, 2.05) is 4.90 Å². The molecule has 0 aliphatic carbocycles. The van der Waals surface area contributed by atoms with E-state index in [0.717, 1.165) is 13.1 Å². The lowest BCUT2D eigenvalue weighted by atomic mass is 10.1. The molecule has 1 aromatic rings. The van der Waals surface area contributed by atoms with Crippen molar-refractivity contribution >= 4 is 23.2 Å². The summed E-state index contributed by atoms with van der Waals surface area (Å²) in [5.41, 5.74) is 6.39. The monoisotopic (exact) mass is 285 g/mol. The Bertz CT molecular complexity index is 473. The molecule has 104 valence electrons. The molecule has 0 radical (unpaired) electrons. The van der Waals surface area contributed by atoms with Gasteiger partial charge in [0.2, 0.25) is 5.91 Å². The second-order valence-corrected chi connectivity index (χ2v) is 5.42. The van der Waals surface area contributed by atoms with Crippen LogP contribution in [0.3, 0.4) is 0 Å². The molecule has 2 unspecified atom stereocenters. The minimum atomic E-state index is -0.501. The number of rotatable bonds is 3. The van der Waals surface area contributed by atoms with E-state index >= 15 is 0 Å². The minimum absolute atomic E-state index is 0.00498. The Balaban J connectivity index is 1.89. The molecule has 1 amide bonds. The van der Waals surface area contributed by atoms with Crippen LogP contribution in [0.15, 0.2) is 18.2 Å². The third kappa shape index (κ3) is 3.65. The van der Waals surface area contributed by atoms with Crippen LogP contribution in [0.5, 0.6) is 0 Å². The van der Waals surface area contributed by atoms with E-state index in [1.165, 1.54) is 18.2 Å². The van der Waals surface area contributed by atoms with Crippen LogP contribution in [0.2, 0.25) is 5.02 Å². The van der Waals surface area contributed by atoms with Gasteiger partial charge in [0, 0.05) is 24.8 Å². The smallest absolute Gasteiger partial charge is 0.238 e. The fraction of sp³-hybridized carbons (Fsp3) is 0.462. The SMILES string of the molecule is CC1CN(CC(=O)Nc2ccc(F)c(Cl)c2)CC1N. The fourth-order valence-electron chi connectivity index (χ4n) is 2.20. The first kappa shape index (κ1) is 14.2. The van der Waals surface area contributed by atoms with Gasteiger partial charge < -0.3 is 11.1 Å². The second kappa shape index (κ2) is 5.86. The van der Waals surface area contributed by atoms with Crippen molar-refractivity contribution in [1.29, 1.82) is 0 Å². The van der Waals surface area contributed by atoms with Crippen LogP contribution in [0.1, 0.15) is 6.92 Å². The number of benzene rings is 1. The summed E-state index contributed by atoms with van der Waals surface area (Å²) in [6.07, 6.45) is 0. The van der Waals surface area contributed by atoms with Crippen molar-refractivity contribution in [3.05, 3.63) is 29.0 Å². The van der Waals surface area contributed by atoms with Crippen LogP contribution in [0.25, 0.3) is 0 Å². The number of halogens is 2. The molecule has 1 aromatic carbocycles. The summed E-state index contributed by atoms with van der Waals surface area (Å²) >= 11 is 5.65. The number of nitrogens with two attached hydrogens (primary N) is 1. The van der Waals surface area contributed by atoms with Gasteiger partial charge in [0.05, 0.1) is 11.6 Å². The van der Waals surface area contributed by atoms with Crippen molar-refractivity contribution < 1.29 is 9.18 Å². The van der Waals surface area contributed by atoms with Crippen LogP contribution in [0.4, 0.5) is 10.1 Å². The summed E-state index contributed by atoms with van der Waals surface area (Å²) in [6.45, 7) is 3.90. The molecule has 1 heterocycles. The van der Waals surface area contributed by atoms with E-state index in [9.17, 15) is 9.18 Å².